The van der Waals surface area contributed by atoms with Crippen molar-refractivity contribution in [3.05, 3.63) is 46.7 Å². The van der Waals surface area contributed by atoms with Crippen LogP contribution >= 0.6 is 11.3 Å². The fraction of sp³-hybridized carbons (Fsp3) is 0.476. The number of nitrogens with one attached hydrogen (secondary N) is 1. The molecule has 1 aromatic heterocycles. The second-order valence-electron chi connectivity index (χ2n) is 8.12. The largest absolute Gasteiger partial charge is 0.353 e. The molecule has 0 spiro atoms. The van der Waals surface area contributed by atoms with E-state index in [1.807, 2.05) is 41.8 Å². The summed E-state index contributed by atoms with van der Waals surface area (Å²) in [5.41, 5.74) is 1.02. The lowest BCUT2D eigenvalue weighted by Crippen LogP contribution is -2.46. The maximum absolute atomic E-state index is 13.2. The second kappa shape index (κ2) is 7.02. The van der Waals surface area contributed by atoms with E-state index in [4.69, 9.17) is 0 Å². The molecular formula is C21H25N3O3S2. The number of rotatable bonds is 6. The minimum atomic E-state index is -3.58. The van der Waals surface area contributed by atoms with Crippen molar-refractivity contribution < 1.29 is 13.2 Å². The smallest absolute Gasteiger partial charge is 0.326 e. The topological polar surface area (TPSA) is 69.7 Å². The van der Waals surface area contributed by atoms with Crippen LogP contribution in [0.3, 0.4) is 0 Å². The number of fused-ring (bicyclic) bond motifs is 1. The Morgan fingerprint density at radius 1 is 1.10 bits per heavy atom. The lowest BCUT2D eigenvalue weighted by atomic mass is 9.83. The zero-order chi connectivity index (χ0) is 20.1. The van der Waals surface area contributed by atoms with Crippen molar-refractivity contribution in [3.63, 3.8) is 0 Å². The molecule has 2 aliphatic carbocycles. The highest BCUT2D eigenvalue weighted by Gasteiger charge is 2.47. The van der Waals surface area contributed by atoms with Gasteiger partial charge >= 0.3 is 10.2 Å². The number of benzene rings is 1. The van der Waals surface area contributed by atoms with Gasteiger partial charge in [0.2, 0.25) is 5.91 Å². The summed E-state index contributed by atoms with van der Waals surface area (Å²) >= 11 is 1.63. The Labute approximate surface area is 175 Å². The lowest BCUT2D eigenvalue weighted by Gasteiger charge is -2.27. The van der Waals surface area contributed by atoms with E-state index in [2.05, 4.69) is 5.32 Å². The Balaban J connectivity index is 1.32. The number of amides is 1. The summed E-state index contributed by atoms with van der Waals surface area (Å²) in [6.45, 7) is 0.548. The van der Waals surface area contributed by atoms with E-state index in [0.717, 1.165) is 49.1 Å². The highest BCUT2D eigenvalue weighted by Crippen LogP contribution is 2.46. The molecule has 8 heteroatoms. The van der Waals surface area contributed by atoms with Crippen LogP contribution < -0.4 is 13.9 Å². The molecule has 0 bridgehead atoms. The Bertz CT molecular complexity index is 1010. The van der Waals surface area contributed by atoms with Gasteiger partial charge in [0.25, 0.3) is 0 Å². The molecule has 0 atom stereocenters. The standard InChI is InChI=1S/C21H25N3O3S2/c25-20(21(11-3-4-12-21)19-8-5-15-28-19)22-13-14-23-17-6-1-2-7-18(17)24(16-9-10-16)29(23,26)27/h1-2,5-8,15-16H,3-4,9-14H2,(H,22,25). The molecule has 6 nitrogen and oxygen atoms in total. The van der Waals surface area contributed by atoms with Crippen LogP contribution in [0.5, 0.6) is 0 Å². The second-order valence-corrected chi connectivity index (χ2v) is 10.8. The maximum Gasteiger partial charge on any atom is 0.326 e. The molecular weight excluding hydrogens is 406 g/mol. The van der Waals surface area contributed by atoms with Gasteiger partial charge < -0.3 is 5.32 Å². The minimum Gasteiger partial charge on any atom is -0.353 e. The van der Waals surface area contributed by atoms with Crippen LogP contribution in [-0.2, 0) is 20.4 Å². The van der Waals surface area contributed by atoms with Crippen LogP contribution in [0.15, 0.2) is 41.8 Å². The van der Waals surface area contributed by atoms with Gasteiger partial charge in [0, 0.05) is 17.5 Å². The predicted octanol–water partition coefficient (Wildman–Crippen LogP) is 3.41. The van der Waals surface area contributed by atoms with Gasteiger partial charge in [-0.3, -0.25) is 4.79 Å². The summed E-state index contributed by atoms with van der Waals surface area (Å²) in [6, 6.07) is 11.6. The molecule has 2 saturated carbocycles. The molecule has 1 amide bonds. The SMILES string of the molecule is O=C(NCCN1c2ccccc2N(C2CC2)S1(=O)=O)C1(c2cccs2)CCCC1. The fourth-order valence-electron chi connectivity index (χ4n) is 4.70. The van der Waals surface area contributed by atoms with Gasteiger partial charge in [-0.05, 0) is 49.3 Å². The molecule has 1 N–H and O–H groups in total. The molecule has 2 heterocycles. The first-order chi connectivity index (χ1) is 14.0. The number of nitrogens with zero attached hydrogens (tertiary/aromatic N) is 2. The Morgan fingerprint density at radius 2 is 1.83 bits per heavy atom. The molecule has 1 aromatic carbocycles. The van der Waals surface area contributed by atoms with Crippen molar-refractivity contribution in [2.45, 2.75) is 50.0 Å². The van der Waals surface area contributed by atoms with Gasteiger partial charge in [-0.1, -0.05) is 31.0 Å². The van der Waals surface area contributed by atoms with E-state index in [-0.39, 0.29) is 18.5 Å². The zero-order valence-corrected chi connectivity index (χ0v) is 17.8. The summed E-state index contributed by atoms with van der Waals surface area (Å²) in [5, 5.41) is 5.07. The first-order valence-corrected chi connectivity index (χ1v) is 12.6. The van der Waals surface area contributed by atoms with Crippen molar-refractivity contribution >= 4 is 38.8 Å². The highest BCUT2D eigenvalue weighted by molar-refractivity contribution is 7.94. The molecule has 1 aliphatic heterocycles. The van der Waals surface area contributed by atoms with Crippen LogP contribution in [0.2, 0.25) is 0 Å². The fourth-order valence-corrected chi connectivity index (χ4v) is 7.61. The summed E-state index contributed by atoms with van der Waals surface area (Å²) in [7, 11) is -3.58. The number of para-hydroxylation sites is 2. The van der Waals surface area contributed by atoms with Crippen molar-refractivity contribution in [2.24, 2.45) is 0 Å². The van der Waals surface area contributed by atoms with E-state index >= 15 is 0 Å². The summed E-state index contributed by atoms with van der Waals surface area (Å²) in [5.74, 6) is 0.0291. The van der Waals surface area contributed by atoms with Crippen LogP contribution in [0.25, 0.3) is 0 Å². The highest BCUT2D eigenvalue weighted by atomic mass is 32.2. The maximum atomic E-state index is 13.2. The normalized spacial score (nSPS) is 21.9. The molecule has 0 unspecified atom stereocenters. The monoisotopic (exact) mass is 431 g/mol. The molecule has 3 aliphatic rings. The Hall–Kier alpha value is -2.06. The summed E-state index contributed by atoms with van der Waals surface area (Å²) in [6.07, 6.45) is 5.63. The first-order valence-electron chi connectivity index (χ1n) is 10.3. The average molecular weight is 432 g/mol. The molecule has 2 fully saturated rings. The number of anilines is 2. The Kier molecular flexibility index (Phi) is 4.58. The van der Waals surface area contributed by atoms with Crippen LogP contribution in [0.1, 0.15) is 43.4 Å². The zero-order valence-electron chi connectivity index (χ0n) is 16.2. The molecule has 0 saturated heterocycles. The summed E-state index contributed by atoms with van der Waals surface area (Å²) < 4.78 is 29.3. The van der Waals surface area contributed by atoms with Gasteiger partial charge in [-0.15, -0.1) is 11.3 Å². The third kappa shape index (κ3) is 3.04. The Morgan fingerprint density at radius 3 is 2.48 bits per heavy atom. The molecule has 154 valence electrons. The quantitative estimate of drug-likeness (QED) is 0.762. The van der Waals surface area contributed by atoms with Crippen molar-refractivity contribution in [3.8, 4) is 0 Å². The summed E-state index contributed by atoms with van der Waals surface area (Å²) in [4.78, 5) is 14.3. The van der Waals surface area contributed by atoms with E-state index < -0.39 is 15.6 Å². The number of carbonyl (C=O) groups is 1. The first kappa shape index (κ1) is 18.9. The van der Waals surface area contributed by atoms with Gasteiger partial charge in [0.1, 0.15) is 0 Å². The van der Waals surface area contributed by atoms with Crippen LogP contribution in [0.4, 0.5) is 11.4 Å². The van der Waals surface area contributed by atoms with Crippen molar-refractivity contribution in [1.82, 2.24) is 5.32 Å². The van der Waals surface area contributed by atoms with Crippen LogP contribution in [-0.4, -0.2) is 33.5 Å². The third-order valence-corrected chi connectivity index (χ3v) is 9.28. The van der Waals surface area contributed by atoms with Crippen LogP contribution in [0, 0.1) is 0 Å². The number of thiophene rings is 1. The molecule has 5 rings (SSSR count). The van der Waals surface area contributed by atoms with E-state index in [0.29, 0.717) is 12.2 Å². The van der Waals surface area contributed by atoms with Gasteiger partial charge in [0.15, 0.2) is 0 Å². The molecule has 0 radical (unpaired) electrons. The van der Waals surface area contributed by atoms with Gasteiger partial charge in [-0.25, -0.2) is 8.61 Å². The molecule has 2 aromatic rings. The number of hydrogen-bond acceptors (Lipinski definition) is 4. The van der Waals surface area contributed by atoms with E-state index in [1.54, 1.807) is 15.6 Å². The predicted molar refractivity (Wildman–Crippen MR) is 116 cm³/mol. The van der Waals surface area contributed by atoms with Gasteiger partial charge in [0.05, 0.1) is 23.3 Å². The van der Waals surface area contributed by atoms with Crippen molar-refractivity contribution in [1.29, 1.82) is 0 Å². The minimum absolute atomic E-state index is 0.0291. The van der Waals surface area contributed by atoms with E-state index in [9.17, 15) is 13.2 Å². The van der Waals surface area contributed by atoms with Crippen molar-refractivity contribution in [2.75, 3.05) is 21.7 Å². The van der Waals surface area contributed by atoms with E-state index in [1.165, 1.54) is 4.31 Å². The number of carbonyl (C=O) groups excluding carboxylic acids is 1. The average Bonchev–Trinajstić information content (AvgIpc) is 3.12. The molecule has 29 heavy (non-hydrogen) atoms. The van der Waals surface area contributed by atoms with Gasteiger partial charge in [-0.2, -0.15) is 8.42 Å². The lowest BCUT2D eigenvalue weighted by molar-refractivity contribution is -0.126. The number of hydrogen-bond donors (Lipinski definition) is 1. The third-order valence-electron chi connectivity index (χ3n) is 6.28.